The number of allylic oxidation sites excluding steroid dienone is 1. The van der Waals surface area contributed by atoms with Crippen molar-refractivity contribution in [1.29, 1.82) is 5.26 Å². The van der Waals surface area contributed by atoms with Crippen LogP contribution in [0.4, 0.5) is 0 Å². The predicted molar refractivity (Wildman–Crippen MR) is 75.0 cm³/mol. The molecule has 96 valence electrons. The van der Waals surface area contributed by atoms with E-state index in [0.717, 1.165) is 11.3 Å². The molecule has 5 heteroatoms. The second kappa shape index (κ2) is 5.55. The van der Waals surface area contributed by atoms with E-state index in [9.17, 15) is 10.4 Å². The van der Waals surface area contributed by atoms with Crippen molar-refractivity contribution in [2.45, 2.75) is 6.92 Å². The van der Waals surface area contributed by atoms with Crippen molar-refractivity contribution in [2.24, 2.45) is 0 Å². The van der Waals surface area contributed by atoms with E-state index in [0.29, 0.717) is 16.3 Å². The van der Waals surface area contributed by atoms with E-state index >= 15 is 0 Å². The molecule has 2 rings (SSSR count). The number of aromatic hydroxyl groups is 1. The molecular weight excluding hydrogens is 260 g/mol. The highest BCUT2D eigenvalue weighted by Gasteiger charge is 2.07. The molecule has 4 nitrogen and oxygen atoms in total. The number of hydrogen-bond donors (Lipinski definition) is 1. The number of rotatable bonds is 3. The number of phenols is 1. The van der Waals surface area contributed by atoms with Crippen molar-refractivity contribution < 1.29 is 9.84 Å². The van der Waals surface area contributed by atoms with Crippen molar-refractivity contribution in [2.75, 3.05) is 7.11 Å². The van der Waals surface area contributed by atoms with Crippen molar-refractivity contribution in [1.82, 2.24) is 4.98 Å². The zero-order chi connectivity index (χ0) is 13.8. The average Bonchev–Trinajstić information content (AvgIpc) is 2.84. The van der Waals surface area contributed by atoms with Gasteiger partial charge in [-0.05, 0) is 30.7 Å². The minimum Gasteiger partial charge on any atom is -0.504 e. The van der Waals surface area contributed by atoms with Crippen LogP contribution in [0.15, 0.2) is 23.6 Å². The van der Waals surface area contributed by atoms with E-state index in [4.69, 9.17) is 4.74 Å². The van der Waals surface area contributed by atoms with Gasteiger partial charge in [-0.25, -0.2) is 4.98 Å². The molecule has 1 N–H and O–H groups in total. The van der Waals surface area contributed by atoms with Crippen molar-refractivity contribution in [3.63, 3.8) is 0 Å². The molecule has 0 fully saturated rings. The van der Waals surface area contributed by atoms with Crippen LogP contribution in [0, 0.1) is 18.3 Å². The lowest BCUT2D eigenvalue weighted by Gasteiger charge is -2.04. The van der Waals surface area contributed by atoms with Gasteiger partial charge < -0.3 is 9.84 Å². The van der Waals surface area contributed by atoms with Gasteiger partial charge in [0.25, 0.3) is 0 Å². The maximum absolute atomic E-state index is 9.53. The Hall–Kier alpha value is -2.32. The number of hydrogen-bond acceptors (Lipinski definition) is 5. The van der Waals surface area contributed by atoms with E-state index in [1.807, 2.05) is 12.3 Å². The van der Waals surface area contributed by atoms with Crippen molar-refractivity contribution >= 4 is 23.0 Å². The van der Waals surface area contributed by atoms with Crippen LogP contribution in [0.25, 0.3) is 11.6 Å². The summed E-state index contributed by atoms with van der Waals surface area (Å²) in [6.45, 7) is 1.89. The van der Waals surface area contributed by atoms with Crippen LogP contribution in [0.1, 0.15) is 16.3 Å². The van der Waals surface area contributed by atoms with E-state index < -0.39 is 0 Å². The summed E-state index contributed by atoms with van der Waals surface area (Å²) < 4.78 is 5.04. The van der Waals surface area contributed by atoms with Crippen LogP contribution in [0.2, 0.25) is 0 Å². The molecule has 0 saturated heterocycles. The van der Waals surface area contributed by atoms with Gasteiger partial charge >= 0.3 is 0 Å². The summed E-state index contributed by atoms with van der Waals surface area (Å²) in [5.41, 5.74) is 2.16. The Labute approximate surface area is 115 Å². The van der Waals surface area contributed by atoms with Crippen LogP contribution in [0.3, 0.4) is 0 Å². The minimum absolute atomic E-state index is 0.0725. The Morgan fingerprint density at radius 2 is 2.32 bits per heavy atom. The summed E-state index contributed by atoms with van der Waals surface area (Å²) in [5, 5.41) is 21.3. The summed E-state index contributed by atoms with van der Waals surface area (Å²) in [4.78, 5) is 4.29. The first-order chi connectivity index (χ1) is 9.13. The third-order valence-corrected chi connectivity index (χ3v) is 3.48. The second-order valence-electron chi connectivity index (χ2n) is 3.90. The number of benzene rings is 1. The molecule has 0 aliphatic rings. The molecule has 0 bridgehead atoms. The van der Waals surface area contributed by atoms with Gasteiger partial charge in [0.1, 0.15) is 11.1 Å². The predicted octanol–water partition coefficient (Wildman–Crippen LogP) is 3.23. The molecule has 0 radical (unpaired) electrons. The second-order valence-corrected chi connectivity index (χ2v) is 4.75. The Bertz CT molecular complexity index is 668. The molecule has 0 aliphatic carbocycles. The van der Waals surface area contributed by atoms with Crippen LogP contribution in [0.5, 0.6) is 11.5 Å². The van der Waals surface area contributed by atoms with Gasteiger partial charge in [0.05, 0.1) is 12.7 Å². The third kappa shape index (κ3) is 2.92. The molecule has 0 saturated carbocycles. The number of nitrogens with zero attached hydrogens (tertiary/aromatic N) is 2. The minimum atomic E-state index is 0.0725. The molecule has 0 amide bonds. The topological polar surface area (TPSA) is 66.1 Å². The average molecular weight is 272 g/mol. The van der Waals surface area contributed by atoms with Gasteiger partial charge in [-0.2, -0.15) is 5.26 Å². The molecule has 1 aromatic heterocycles. The summed E-state index contributed by atoms with van der Waals surface area (Å²) in [5.74, 6) is 0.449. The molecule has 0 aliphatic heterocycles. The van der Waals surface area contributed by atoms with Crippen molar-refractivity contribution in [3.8, 4) is 17.6 Å². The number of aromatic nitrogens is 1. The van der Waals surface area contributed by atoms with Crippen LogP contribution < -0.4 is 4.74 Å². The largest absolute Gasteiger partial charge is 0.504 e. The SMILES string of the molecule is COc1cc(/C=C(/C#N)c2nc(C)cs2)ccc1O. The highest BCUT2D eigenvalue weighted by Crippen LogP contribution is 2.28. The first-order valence-electron chi connectivity index (χ1n) is 5.55. The van der Waals surface area contributed by atoms with Crippen LogP contribution in [-0.2, 0) is 0 Å². The Kier molecular flexibility index (Phi) is 3.83. The van der Waals surface area contributed by atoms with E-state index in [1.54, 1.807) is 18.2 Å². The van der Waals surface area contributed by atoms with Gasteiger partial charge in [-0.15, -0.1) is 11.3 Å². The molecule has 19 heavy (non-hydrogen) atoms. The van der Waals surface area contributed by atoms with E-state index in [-0.39, 0.29) is 5.75 Å². The molecule has 0 spiro atoms. The van der Waals surface area contributed by atoms with Crippen molar-refractivity contribution in [3.05, 3.63) is 39.8 Å². The van der Waals surface area contributed by atoms with Gasteiger partial charge in [-0.1, -0.05) is 6.07 Å². The van der Waals surface area contributed by atoms with Gasteiger partial charge in [0.15, 0.2) is 11.5 Å². The zero-order valence-corrected chi connectivity index (χ0v) is 11.4. The van der Waals surface area contributed by atoms with Gasteiger partial charge in [-0.3, -0.25) is 0 Å². The standard InChI is InChI=1S/C14H12N2O2S/c1-9-8-19-14(16-9)11(7-15)5-10-3-4-12(17)13(6-10)18-2/h3-6,8,17H,1-2H3/b11-5-. The van der Waals surface area contributed by atoms with E-state index in [2.05, 4.69) is 11.1 Å². The summed E-state index contributed by atoms with van der Waals surface area (Å²) in [7, 11) is 1.48. The number of thiazole rings is 1. The number of methoxy groups -OCH3 is 1. The molecule has 1 heterocycles. The molecule has 1 aromatic carbocycles. The fourth-order valence-corrected chi connectivity index (χ4v) is 2.33. The first-order valence-corrected chi connectivity index (χ1v) is 6.43. The monoisotopic (exact) mass is 272 g/mol. The Morgan fingerprint density at radius 1 is 1.53 bits per heavy atom. The van der Waals surface area contributed by atoms with Gasteiger partial charge in [0, 0.05) is 11.1 Å². The molecule has 0 atom stereocenters. The highest BCUT2D eigenvalue weighted by atomic mass is 32.1. The number of nitriles is 1. The molecular formula is C14H12N2O2S. The smallest absolute Gasteiger partial charge is 0.161 e. The number of aryl methyl sites for hydroxylation is 1. The number of ether oxygens (including phenoxy) is 1. The summed E-state index contributed by atoms with van der Waals surface area (Å²) in [6.07, 6.45) is 1.72. The van der Waals surface area contributed by atoms with Crippen LogP contribution in [-0.4, -0.2) is 17.2 Å². The lowest BCUT2D eigenvalue weighted by Crippen LogP contribution is -1.85. The lowest BCUT2D eigenvalue weighted by molar-refractivity contribution is 0.373. The van der Waals surface area contributed by atoms with Crippen LogP contribution >= 0.6 is 11.3 Å². The Balaban J connectivity index is 2.41. The summed E-state index contributed by atoms with van der Waals surface area (Å²) >= 11 is 1.43. The fourth-order valence-electron chi connectivity index (χ4n) is 1.57. The third-order valence-electron chi connectivity index (χ3n) is 2.48. The Morgan fingerprint density at radius 3 is 2.89 bits per heavy atom. The van der Waals surface area contributed by atoms with Gasteiger partial charge in [0.2, 0.25) is 0 Å². The number of phenolic OH excluding ortho intramolecular Hbond substituents is 1. The first kappa shape index (κ1) is 13.1. The quantitative estimate of drug-likeness (QED) is 0.871. The van der Waals surface area contributed by atoms with E-state index in [1.165, 1.54) is 24.5 Å². The maximum atomic E-state index is 9.53. The fraction of sp³-hybridized carbons (Fsp3) is 0.143. The highest BCUT2D eigenvalue weighted by molar-refractivity contribution is 7.11. The summed E-state index contributed by atoms with van der Waals surface area (Å²) in [6, 6.07) is 7.06. The molecule has 2 aromatic rings. The maximum Gasteiger partial charge on any atom is 0.161 e. The molecule has 0 unspecified atom stereocenters. The normalized spacial score (nSPS) is 11.1. The zero-order valence-electron chi connectivity index (χ0n) is 10.5. The lowest BCUT2D eigenvalue weighted by atomic mass is 10.1.